The second kappa shape index (κ2) is 5.21. The Bertz CT molecular complexity index is 470. The standard InChI is InChI=1S/C14H17NO3/c1-9-5-3-4-6-12(9)15-13(16)8-18-14(17)11-7-10(11)2/h3-6,10-11H,7-8H2,1-2H3,(H,15,16)/t10-,11-/m1/s1. The summed E-state index contributed by atoms with van der Waals surface area (Å²) in [7, 11) is 0. The van der Waals surface area contributed by atoms with Crippen LogP contribution in [0.4, 0.5) is 5.69 Å². The van der Waals surface area contributed by atoms with E-state index in [2.05, 4.69) is 5.32 Å². The van der Waals surface area contributed by atoms with E-state index in [0.29, 0.717) is 5.92 Å². The molecule has 0 saturated heterocycles. The topological polar surface area (TPSA) is 55.4 Å². The zero-order chi connectivity index (χ0) is 13.1. The van der Waals surface area contributed by atoms with E-state index in [0.717, 1.165) is 17.7 Å². The number of rotatable bonds is 4. The molecule has 1 saturated carbocycles. The highest BCUT2D eigenvalue weighted by Crippen LogP contribution is 2.38. The van der Waals surface area contributed by atoms with Crippen LogP contribution >= 0.6 is 0 Å². The fraction of sp³-hybridized carbons (Fsp3) is 0.429. The van der Waals surface area contributed by atoms with Crippen molar-refractivity contribution in [3.05, 3.63) is 29.8 Å². The number of carbonyl (C=O) groups is 2. The predicted octanol–water partition coefficient (Wildman–Crippen LogP) is 2.13. The summed E-state index contributed by atoms with van der Waals surface area (Å²) < 4.78 is 4.96. The van der Waals surface area contributed by atoms with Gasteiger partial charge in [0.1, 0.15) is 0 Å². The lowest BCUT2D eigenvalue weighted by molar-refractivity contribution is -0.148. The molecule has 96 valence electrons. The van der Waals surface area contributed by atoms with Crippen molar-refractivity contribution in [2.45, 2.75) is 20.3 Å². The minimum Gasteiger partial charge on any atom is -0.455 e. The summed E-state index contributed by atoms with van der Waals surface area (Å²) >= 11 is 0. The number of aryl methyl sites for hydroxylation is 1. The second-order valence-corrected chi connectivity index (χ2v) is 4.79. The van der Waals surface area contributed by atoms with Gasteiger partial charge in [0, 0.05) is 5.69 Å². The summed E-state index contributed by atoms with van der Waals surface area (Å²) in [6, 6.07) is 7.48. The number of amides is 1. The van der Waals surface area contributed by atoms with Crippen molar-refractivity contribution in [2.24, 2.45) is 11.8 Å². The number of nitrogens with one attached hydrogen (secondary N) is 1. The molecule has 1 amide bonds. The molecule has 0 spiro atoms. The molecule has 1 aromatic rings. The van der Waals surface area contributed by atoms with E-state index < -0.39 is 0 Å². The highest BCUT2D eigenvalue weighted by Gasteiger charge is 2.40. The van der Waals surface area contributed by atoms with Crippen LogP contribution in [0, 0.1) is 18.8 Å². The monoisotopic (exact) mass is 247 g/mol. The molecule has 0 unspecified atom stereocenters. The van der Waals surface area contributed by atoms with Crippen LogP contribution in [-0.2, 0) is 14.3 Å². The summed E-state index contributed by atoms with van der Waals surface area (Å²) in [5.41, 5.74) is 1.73. The van der Waals surface area contributed by atoms with Gasteiger partial charge < -0.3 is 10.1 Å². The molecule has 0 radical (unpaired) electrons. The maximum Gasteiger partial charge on any atom is 0.309 e. The average molecular weight is 247 g/mol. The van der Waals surface area contributed by atoms with E-state index in [1.54, 1.807) is 0 Å². The normalized spacial score (nSPS) is 21.2. The maximum atomic E-state index is 11.6. The molecule has 1 aliphatic rings. The van der Waals surface area contributed by atoms with Gasteiger partial charge in [0.25, 0.3) is 5.91 Å². The van der Waals surface area contributed by atoms with Gasteiger partial charge in [-0.2, -0.15) is 0 Å². The summed E-state index contributed by atoms with van der Waals surface area (Å²) in [5.74, 6) is -0.165. The van der Waals surface area contributed by atoms with Crippen molar-refractivity contribution in [1.82, 2.24) is 0 Å². The van der Waals surface area contributed by atoms with Gasteiger partial charge in [-0.25, -0.2) is 0 Å². The molecule has 2 atom stereocenters. The number of esters is 1. The molecule has 1 aromatic carbocycles. The first-order chi connectivity index (χ1) is 8.58. The summed E-state index contributed by atoms with van der Waals surface area (Å²) in [6.45, 7) is 3.70. The van der Waals surface area contributed by atoms with Crippen LogP contribution in [0.2, 0.25) is 0 Å². The van der Waals surface area contributed by atoms with Gasteiger partial charge in [0.15, 0.2) is 6.61 Å². The van der Waals surface area contributed by atoms with Crippen LogP contribution in [0.1, 0.15) is 18.9 Å². The quantitative estimate of drug-likeness (QED) is 0.829. The molecule has 1 fully saturated rings. The molecule has 1 aliphatic carbocycles. The minimum absolute atomic E-state index is 0.00346. The van der Waals surface area contributed by atoms with Crippen molar-refractivity contribution in [3.63, 3.8) is 0 Å². The van der Waals surface area contributed by atoms with E-state index in [1.165, 1.54) is 0 Å². The molecule has 4 nitrogen and oxygen atoms in total. The van der Waals surface area contributed by atoms with Crippen LogP contribution in [0.15, 0.2) is 24.3 Å². The predicted molar refractivity (Wildman–Crippen MR) is 68.0 cm³/mol. The van der Waals surface area contributed by atoms with Gasteiger partial charge in [-0.1, -0.05) is 25.1 Å². The Morgan fingerprint density at radius 2 is 2.06 bits per heavy atom. The number of carbonyl (C=O) groups excluding carboxylic acids is 2. The Morgan fingerprint density at radius 3 is 2.67 bits per heavy atom. The zero-order valence-corrected chi connectivity index (χ0v) is 10.6. The largest absolute Gasteiger partial charge is 0.455 e. The summed E-state index contributed by atoms with van der Waals surface area (Å²) in [4.78, 5) is 23.0. The molecule has 0 heterocycles. The highest BCUT2D eigenvalue weighted by molar-refractivity contribution is 5.93. The smallest absolute Gasteiger partial charge is 0.309 e. The number of ether oxygens (including phenoxy) is 1. The van der Waals surface area contributed by atoms with Gasteiger partial charge in [-0.05, 0) is 30.9 Å². The van der Waals surface area contributed by atoms with Crippen LogP contribution in [0.3, 0.4) is 0 Å². The van der Waals surface area contributed by atoms with Gasteiger partial charge in [-0.15, -0.1) is 0 Å². The second-order valence-electron chi connectivity index (χ2n) is 4.79. The molecule has 1 N–H and O–H groups in total. The fourth-order valence-corrected chi connectivity index (χ4v) is 1.79. The molecular weight excluding hydrogens is 230 g/mol. The number of hydrogen-bond acceptors (Lipinski definition) is 3. The molecular formula is C14H17NO3. The van der Waals surface area contributed by atoms with E-state index >= 15 is 0 Å². The van der Waals surface area contributed by atoms with Crippen LogP contribution in [0.5, 0.6) is 0 Å². The van der Waals surface area contributed by atoms with Crippen molar-refractivity contribution >= 4 is 17.6 Å². The van der Waals surface area contributed by atoms with Crippen LogP contribution < -0.4 is 5.32 Å². The Kier molecular flexibility index (Phi) is 3.65. The first-order valence-corrected chi connectivity index (χ1v) is 6.10. The van der Waals surface area contributed by atoms with Crippen molar-refractivity contribution in [1.29, 1.82) is 0 Å². The van der Waals surface area contributed by atoms with Gasteiger partial charge >= 0.3 is 5.97 Å². The van der Waals surface area contributed by atoms with Crippen molar-refractivity contribution < 1.29 is 14.3 Å². The number of para-hydroxylation sites is 1. The molecule has 0 aromatic heterocycles. The van der Waals surface area contributed by atoms with Gasteiger partial charge in [0.05, 0.1) is 5.92 Å². The lowest BCUT2D eigenvalue weighted by Gasteiger charge is -2.08. The fourth-order valence-electron chi connectivity index (χ4n) is 1.79. The molecule has 18 heavy (non-hydrogen) atoms. The molecule has 4 heteroatoms. The maximum absolute atomic E-state index is 11.6. The third-order valence-corrected chi connectivity index (χ3v) is 3.18. The van der Waals surface area contributed by atoms with Crippen LogP contribution in [0.25, 0.3) is 0 Å². The lowest BCUT2D eigenvalue weighted by Crippen LogP contribution is -2.22. The highest BCUT2D eigenvalue weighted by atomic mass is 16.5. The van der Waals surface area contributed by atoms with E-state index in [4.69, 9.17) is 4.74 Å². The summed E-state index contributed by atoms with van der Waals surface area (Å²) in [5, 5.41) is 2.72. The van der Waals surface area contributed by atoms with Crippen molar-refractivity contribution in [2.75, 3.05) is 11.9 Å². The van der Waals surface area contributed by atoms with E-state index in [1.807, 2.05) is 38.1 Å². The molecule has 0 bridgehead atoms. The number of benzene rings is 1. The third-order valence-electron chi connectivity index (χ3n) is 3.18. The Morgan fingerprint density at radius 1 is 1.39 bits per heavy atom. The van der Waals surface area contributed by atoms with Gasteiger partial charge in [0.2, 0.25) is 0 Å². The Labute approximate surface area is 106 Å². The third kappa shape index (κ3) is 3.09. The zero-order valence-electron chi connectivity index (χ0n) is 10.6. The van der Waals surface area contributed by atoms with Crippen LogP contribution in [-0.4, -0.2) is 18.5 Å². The Hall–Kier alpha value is -1.84. The van der Waals surface area contributed by atoms with E-state index in [-0.39, 0.29) is 24.4 Å². The average Bonchev–Trinajstić information content (AvgIpc) is 3.06. The number of hydrogen-bond donors (Lipinski definition) is 1. The SMILES string of the molecule is Cc1ccccc1NC(=O)COC(=O)[C@@H]1C[C@H]1C. The first-order valence-electron chi connectivity index (χ1n) is 6.10. The first kappa shape index (κ1) is 12.6. The van der Waals surface area contributed by atoms with E-state index in [9.17, 15) is 9.59 Å². The summed E-state index contributed by atoms with van der Waals surface area (Å²) in [6.07, 6.45) is 0.873. The molecule has 2 rings (SSSR count). The minimum atomic E-state index is -0.300. The molecule has 0 aliphatic heterocycles. The Balaban J connectivity index is 1.79. The number of anilines is 1. The lowest BCUT2D eigenvalue weighted by atomic mass is 10.2. The van der Waals surface area contributed by atoms with Crippen molar-refractivity contribution in [3.8, 4) is 0 Å². The van der Waals surface area contributed by atoms with Gasteiger partial charge in [-0.3, -0.25) is 9.59 Å².